The van der Waals surface area contributed by atoms with Crippen molar-refractivity contribution < 1.29 is 9.84 Å². The first-order chi connectivity index (χ1) is 7.03. The van der Waals surface area contributed by atoms with Crippen LogP contribution < -0.4 is 5.73 Å². The lowest BCUT2D eigenvalue weighted by Gasteiger charge is -2.27. The number of nitrogen functional groups attached to an aromatic ring is 1. The molecule has 0 aliphatic carbocycles. The molecule has 1 aromatic heterocycles. The molecule has 1 rings (SSSR count). The van der Waals surface area contributed by atoms with Gasteiger partial charge in [-0.3, -0.25) is 0 Å². The van der Waals surface area contributed by atoms with Crippen molar-refractivity contribution in [1.82, 2.24) is 4.98 Å². The third kappa shape index (κ3) is 2.59. The molecular weight excluding hydrogens is 216 g/mol. The molecule has 1 aromatic rings. The zero-order chi connectivity index (χ0) is 11.5. The van der Waals surface area contributed by atoms with Gasteiger partial charge in [0, 0.05) is 18.9 Å². The summed E-state index contributed by atoms with van der Waals surface area (Å²) < 4.78 is 4.97. The predicted octanol–water partition coefficient (Wildman–Crippen LogP) is 1.56. The molecule has 15 heavy (non-hydrogen) atoms. The third-order valence-electron chi connectivity index (χ3n) is 2.35. The molecule has 1 heterocycles. The number of nitrogens with zero attached hydrogens (tertiary/aromatic N) is 1. The lowest BCUT2D eigenvalue weighted by Crippen LogP contribution is -2.31. The average molecular weight is 231 g/mol. The number of aliphatic hydroxyl groups is 1. The van der Waals surface area contributed by atoms with Gasteiger partial charge in [0.2, 0.25) is 0 Å². The van der Waals surface area contributed by atoms with E-state index in [-0.39, 0.29) is 12.4 Å². The van der Waals surface area contributed by atoms with Crippen LogP contribution >= 0.6 is 11.6 Å². The van der Waals surface area contributed by atoms with Gasteiger partial charge in [0.05, 0.1) is 11.6 Å². The van der Waals surface area contributed by atoms with Crippen molar-refractivity contribution in [1.29, 1.82) is 0 Å². The topological polar surface area (TPSA) is 68.4 Å². The summed E-state index contributed by atoms with van der Waals surface area (Å²) >= 11 is 5.81. The maximum Gasteiger partial charge on any atom is 0.129 e. The molecule has 0 amide bonds. The molecule has 0 aromatic carbocycles. The zero-order valence-electron chi connectivity index (χ0n) is 8.83. The molecule has 0 saturated heterocycles. The Kier molecular flexibility index (Phi) is 3.90. The van der Waals surface area contributed by atoms with Gasteiger partial charge in [-0.05, 0) is 12.5 Å². The molecule has 3 N–H and O–H groups in total. The number of pyridine rings is 1. The number of halogens is 1. The van der Waals surface area contributed by atoms with Crippen molar-refractivity contribution in [2.45, 2.75) is 18.9 Å². The van der Waals surface area contributed by atoms with E-state index < -0.39 is 5.60 Å². The Hall–Kier alpha value is -0.840. The third-order valence-corrected chi connectivity index (χ3v) is 2.56. The van der Waals surface area contributed by atoms with Crippen LogP contribution in [0.5, 0.6) is 0 Å². The van der Waals surface area contributed by atoms with Crippen LogP contribution in [0.25, 0.3) is 0 Å². The Morgan fingerprint density at radius 1 is 1.67 bits per heavy atom. The van der Waals surface area contributed by atoms with E-state index >= 15 is 0 Å². The summed E-state index contributed by atoms with van der Waals surface area (Å²) in [4.78, 5) is 3.91. The number of hydrogen-bond donors (Lipinski definition) is 2. The standard InChI is InChI=1S/C10H15ClN2O2/c1-3-10(14,6-15-2)8-4-7(11)5-13-9(8)12/h4-5,14H,3,6H2,1-2H3,(H2,12,13). The molecule has 5 heteroatoms. The summed E-state index contributed by atoms with van der Waals surface area (Å²) in [6.45, 7) is 2.01. The van der Waals surface area contributed by atoms with Crippen LogP contribution in [-0.2, 0) is 10.3 Å². The highest BCUT2D eigenvalue weighted by molar-refractivity contribution is 6.30. The van der Waals surface area contributed by atoms with Crippen LogP contribution in [0, 0.1) is 0 Å². The van der Waals surface area contributed by atoms with Gasteiger partial charge in [0.25, 0.3) is 0 Å². The number of rotatable bonds is 4. The van der Waals surface area contributed by atoms with E-state index in [4.69, 9.17) is 22.1 Å². The van der Waals surface area contributed by atoms with E-state index in [1.807, 2.05) is 6.92 Å². The highest BCUT2D eigenvalue weighted by Crippen LogP contribution is 2.30. The Morgan fingerprint density at radius 3 is 2.87 bits per heavy atom. The predicted molar refractivity (Wildman–Crippen MR) is 59.7 cm³/mol. The van der Waals surface area contributed by atoms with Crippen molar-refractivity contribution in [2.75, 3.05) is 19.5 Å². The van der Waals surface area contributed by atoms with Crippen LogP contribution in [0.15, 0.2) is 12.3 Å². The van der Waals surface area contributed by atoms with Crippen molar-refractivity contribution in [3.8, 4) is 0 Å². The molecule has 1 atom stereocenters. The second kappa shape index (κ2) is 4.79. The van der Waals surface area contributed by atoms with Gasteiger partial charge in [0.1, 0.15) is 11.4 Å². The van der Waals surface area contributed by atoms with E-state index in [1.54, 1.807) is 6.07 Å². The normalized spacial score (nSPS) is 14.9. The molecule has 84 valence electrons. The fraction of sp³-hybridized carbons (Fsp3) is 0.500. The van der Waals surface area contributed by atoms with Gasteiger partial charge in [-0.2, -0.15) is 0 Å². The van der Waals surface area contributed by atoms with Crippen molar-refractivity contribution in [3.63, 3.8) is 0 Å². The maximum absolute atomic E-state index is 10.3. The van der Waals surface area contributed by atoms with Crippen LogP contribution in [0.1, 0.15) is 18.9 Å². The average Bonchev–Trinajstić information content (AvgIpc) is 2.22. The highest BCUT2D eigenvalue weighted by Gasteiger charge is 2.30. The van der Waals surface area contributed by atoms with Crippen LogP contribution in [0.2, 0.25) is 5.02 Å². The van der Waals surface area contributed by atoms with Crippen molar-refractivity contribution in [2.24, 2.45) is 0 Å². The summed E-state index contributed by atoms with van der Waals surface area (Å²) in [5.41, 5.74) is 5.08. The fourth-order valence-corrected chi connectivity index (χ4v) is 1.59. The molecule has 0 bridgehead atoms. The van der Waals surface area contributed by atoms with Gasteiger partial charge in [-0.15, -0.1) is 0 Å². The second-order valence-electron chi connectivity index (χ2n) is 3.40. The molecule has 1 unspecified atom stereocenters. The first-order valence-corrected chi connectivity index (χ1v) is 5.04. The molecular formula is C10H15ClN2O2. The Balaban J connectivity index is 3.16. The van der Waals surface area contributed by atoms with Crippen LogP contribution in [0.3, 0.4) is 0 Å². The SMILES string of the molecule is CCC(O)(COC)c1cc(Cl)cnc1N. The minimum Gasteiger partial charge on any atom is -0.383 e. The number of aromatic nitrogens is 1. The number of nitrogens with two attached hydrogens (primary N) is 1. The zero-order valence-corrected chi connectivity index (χ0v) is 9.58. The maximum atomic E-state index is 10.3. The number of anilines is 1. The van der Waals surface area contributed by atoms with Gasteiger partial charge in [0.15, 0.2) is 0 Å². The minimum absolute atomic E-state index is 0.162. The minimum atomic E-state index is -1.13. The molecule has 4 nitrogen and oxygen atoms in total. The van der Waals surface area contributed by atoms with E-state index in [0.29, 0.717) is 17.0 Å². The monoisotopic (exact) mass is 230 g/mol. The van der Waals surface area contributed by atoms with Crippen LogP contribution in [0.4, 0.5) is 5.82 Å². The summed E-state index contributed by atoms with van der Waals surface area (Å²) in [6.07, 6.45) is 1.93. The summed E-state index contributed by atoms with van der Waals surface area (Å²) in [6, 6.07) is 1.62. The van der Waals surface area contributed by atoms with Gasteiger partial charge in [-0.1, -0.05) is 18.5 Å². The fourth-order valence-electron chi connectivity index (χ4n) is 1.43. The molecule has 0 radical (unpaired) electrons. The Bertz CT molecular complexity index is 346. The first-order valence-electron chi connectivity index (χ1n) is 4.66. The Morgan fingerprint density at radius 2 is 2.33 bits per heavy atom. The van der Waals surface area contributed by atoms with Gasteiger partial charge >= 0.3 is 0 Å². The van der Waals surface area contributed by atoms with E-state index in [1.165, 1.54) is 13.3 Å². The number of hydrogen-bond acceptors (Lipinski definition) is 4. The van der Waals surface area contributed by atoms with Crippen LogP contribution in [-0.4, -0.2) is 23.8 Å². The summed E-state index contributed by atoms with van der Waals surface area (Å²) in [7, 11) is 1.52. The smallest absolute Gasteiger partial charge is 0.129 e. The first kappa shape index (κ1) is 12.2. The van der Waals surface area contributed by atoms with Gasteiger partial charge in [-0.25, -0.2) is 4.98 Å². The lowest BCUT2D eigenvalue weighted by molar-refractivity contribution is -0.0382. The molecule has 0 saturated carbocycles. The van der Waals surface area contributed by atoms with E-state index in [2.05, 4.69) is 4.98 Å². The summed E-state index contributed by atoms with van der Waals surface area (Å²) in [5, 5.41) is 10.7. The molecule has 0 aliphatic rings. The summed E-state index contributed by atoms with van der Waals surface area (Å²) in [5.74, 6) is 0.279. The molecule has 0 spiro atoms. The van der Waals surface area contributed by atoms with Crippen molar-refractivity contribution >= 4 is 17.4 Å². The quantitative estimate of drug-likeness (QED) is 0.824. The largest absolute Gasteiger partial charge is 0.383 e. The Labute approximate surface area is 94.0 Å². The highest BCUT2D eigenvalue weighted by atomic mass is 35.5. The van der Waals surface area contributed by atoms with E-state index in [0.717, 1.165) is 0 Å². The lowest BCUT2D eigenvalue weighted by atomic mass is 9.92. The van der Waals surface area contributed by atoms with E-state index in [9.17, 15) is 5.11 Å². The van der Waals surface area contributed by atoms with Crippen molar-refractivity contribution in [3.05, 3.63) is 22.8 Å². The molecule has 0 aliphatic heterocycles. The number of ether oxygens (including phenoxy) is 1. The second-order valence-corrected chi connectivity index (χ2v) is 3.84. The molecule has 0 fully saturated rings. The number of methoxy groups -OCH3 is 1. The van der Waals surface area contributed by atoms with Gasteiger partial charge < -0.3 is 15.6 Å².